The number of esters is 1. The number of aryl methyl sites for hydroxylation is 1. The van der Waals surface area contributed by atoms with Crippen molar-refractivity contribution in [3.05, 3.63) is 48.3 Å². The first-order valence-corrected chi connectivity index (χ1v) is 20.9. The van der Waals surface area contributed by atoms with E-state index < -0.39 is 77.0 Å². The van der Waals surface area contributed by atoms with E-state index in [9.17, 15) is 35.4 Å². The number of furan rings is 1. The van der Waals surface area contributed by atoms with Crippen LogP contribution in [-0.4, -0.2) is 121 Å². The Morgan fingerprint density at radius 3 is 2.68 bits per heavy atom. The summed E-state index contributed by atoms with van der Waals surface area (Å²) in [6.45, 7) is 2.02. The third-order valence-electron chi connectivity index (χ3n) is 12.6. The smallest absolute Gasteiger partial charge is 0.306 e. The predicted octanol–water partition coefficient (Wildman–Crippen LogP) is 2.38. The molecule has 1 saturated heterocycles. The number of aliphatic hydroxyl groups excluding tert-OH is 4. The zero-order valence-electron chi connectivity index (χ0n) is 29.6. The van der Waals surface area contributed by atoms with Crippen LogP contribution >= 0.6 is 21.6 Å². The lowest BCUT2D eigenvalue weighted by Crippen LogP contribution is -2.90. The highest BCUT2D eigenvalue weighted by Crippen LogP contribution is 2.67. The lowest BCUT2D eigenvalue weighted by atomic mass is 9.47. The number of benzene rings is 1. The van der Waals surface area contributed by atoms with Gasteiger partial charge < -0.3 is 59.3 Å². The Morgan fingerprint density at radius 1 is 1.11 bits per heavy atom. The fourth-order valence-electron chi connectivity index (χ4n) is 9.92. The largest absolute Gasteiger partial charge is 0.485 e. The Balaban J connectivity index is 1.36. The molecule has 1 aromatic heterocycles. The predicted molar refractivity (Wildman–Crippen MR) is 196 cm³/mol. The van der Waals surface area contributed by atoms with Gasteiger partial charge in [0.25, 0.3) is 5.79 Å². The third-order valence-corrected chi connectivity index (χ3v) is 16.3. The molecule has 10 unspecified atom stereocenters. The monoisotopic (exact) mass is 775 g/mol. The second-order valence-electron chi connectivity index (χ2n) is 15.4. The Bertz CT molecular complexity index is 1760. The first kappa shape index (κ1) is 37.6. The summed E-state index contributed by atoms with van der Waals surface area (Å²) in [6, 6.07) is 3.56. The molecule has 3 aliphatic heterocycles. The van der Waals surface area contributed by atoms with Gasteiger partial charge in [-0.25, -0.2) is 0 Å². The second-order valence-corrected chi connectivity index (χ2v) is 18.2. The average molecular weight is 776 g/mol. The molecule has 4 heterocycles. The molecule has 3 fully saturated rings. The molecule has 3 aliphatic carbocycles. The van der Waals surface area contributed by atoms with Gasteiger partial charge in [-0.15, -0.1) is 0 Å². The molecule has 5 bridgehead atoms. The van der Waals surface area contributed by atoms with Crippen molar-refractivity contribution in [3.63, 3.8) is 0 Å². The van der Waals surface area contributed by atoms with E-state index in [1.807, 2.05) is 0 Å². The average Bonchev–Trinajstić information content (AvgIpc) is 3.82. The maximum atomic E-state index is 13.3. The molecule has 10 atom stereocenters. The molecule has 2 saturated carbocycles. The Morgan fingerprint density at radius 2 is 1.92 bits per heavy atom. The van der Waals surface area contributed by atoms with Crippen molar-refractivity contribution in [3.8, 4) is 11.5 Å². The zero-order valence-corrected chi connectivity index (χ0v) is 31.3. The number of fused-ring (bicyclic) bond motifs is 11. The van der Waals surface area contributed by atoms with Gasteiger partial charge in [-0.2, -0.15) is 0 Å². The van der Waals surface area contributed by atoms with Crippen LogP contribution in [0.15, 0.2) is 47.1 Å². The summed E-state index contributed by atoms with van der Waals surface area (Å²) in [5, 5.41) is 75.6. The molecular weight excluding hydrogens is 727 g/mol. The van der Waals surface area contributed by atoms with Crippen LogP contribution in [0.4, 0.5) is 0 Å². The summed E-state index contributed by atoms with van der Waals surface area (Å²) in [5.41, 5.74) is -5.80. The molecule has 2 spiro atoms. The Kier molecular flexibility index (Phi) is 9.94. The van der Waals surface area contributed by atoms with Crippen molar-refractivity contribution in [2.75, 3.05) is 39.5 Å². The molecule has 8 rings (SSSR count). The van der Waals surface area contributed by atoms with Gasteiger partial charge in [0.1, 0.15) is 23.9 Å². The lowest BCUT2D eigenvalue weighted by molar-refractivity contribution is -0.450. The summed E-state index contributed by atoms with van der Waals surface area (Å²) < 4.78 is 31.5. The van der Waals surface area contributed by atoms with Crippen LogP contribution in [-0.2, 0) is 20.7 Å². The van der Waals surface area contributed by atoms with Crippen molar-refractivity contribution < 1.29 is 58.8 Å². The minimum Gasteiger partial charge on any atom is -0.485 e. The van der Waals surface area contributed by atoms with Gasteiger partial charge in [0.15, 0.2) is 16.9 Å². The number of allylic oxidation sites excluding steroid dienone is 1. The Labute approximate surface area is 315 Å². The van der Waals surface area contributed by atoms with Crippen molar-refractivity contribution >= 4 is 38.5 Å². The van der Waals surface area contributed by atoms with E-state index in [0.29, 0.717) is 29.6 Å². The van der Waals surface area contributed by atoms with Gasteiger partial charge in [0.05, 0.1) is 30.8 Å². The number of hydrogen-bond acceptors (Lipinski definition) is 15. The molecule has 53 heavy (non-hydrogen) atoms. The molecule has 2 aromatic rings. The maximum Gasteiger partial charge on any atom is 0.306 e. The summed E-state index contributed by atoms with van der Waals surface area (Å²) in [4.78, 5) is 12.7. The molecule has 1 aromatic carbocycles. The van der Waals surface area contributed by atoms with E-state index >= 15 is 0 Å². The highest BCUT2D eigenvalue weighted by atomic mass is 33.1. The third kappa shape index (κ3) is 5.63. The van der Waals surface area contributed by atoms with Gasteiger partial charge in [-0.3, -0.25) is 4.79 Å². The maximum absolute atomic E-state index is 13.3. The van der Waals surface area contributed by atoms with Crippen molar-refractivity contribution in [2.24, 2.45) is 17.8 Å². The molecule has 0 amide bonds. The quantitative estimate of drug-likeness (QED) is 0.128. The van der Waals surface area contributed by atoms with Gasteiger partial charge in [0.2, 0.25) is 5.75 Å². The number of nitrogens with one attached hydrogen (secondary N) is 1. The van der Waals surface area contributed by atoms with Crippen LogP contribution in [0, 0.1) is 17.8 Å². The number of ether oxygens (including phenoxy) is 4. The normalized spacial score (nSPS) is 40.1. The molecule has 290 valence electrons. The minimum atomic E-state index is -2.52. The second kappa shape index (κ2) is 14.0. The number of carbonyl (C=O) groups excluding carboxylic acids is 1. The molecule has 7 N–H and O–H groups in total. The summed E-state index contributed by atoms with van der Waals surface area (Å²) >= 11 is 0. The first-order valence-electron chi connectivity index (χ1n) is 18.7. The van der Waals surface area contributed by atoms with Gasteiger partial charge in [-0.1, -0.05) is 52.7 Å². The van der Waals surface area contributed by atoms with Gasteiger partial charge >= 0.3 is 5.97 Å². The van der Waals surface area contributed by atoms with Gasteiger partial charge in [-0.05, 0) is 62.3 Å². The summed E-state index contributed by atoms with van der Waals surface area (Å²) in [7, 11) is 3.14. The first-order chi connectivity index (χ1) is 25.5. The fraction of sp³-hybridized carbons (Fsp3) is 0.658. The van der Waals surface area contributed by atoms with Crippen molar-refractivity contribution in [1.29, 1.82) is 0 Å². The van der Waals surface area contributed by atoms with Crippen molar-refractivity contribution in [2.45, 2.75) is 96.7 Å². The minimum absolute atomic E-state index is 0.0161. The highest BCUT2D eigenvalue weighted by Gasteiger charge is 2.83. The highest BCUT2D eigenvalue weighted by molar-refractivity contribution is 8.77. The van der Waals surface area contributed by atoms with E-state index in [-0.39, 0.29) is 48.7 Å². The number of carbonyl (C=O) groups is 1. The van der Waals surface area contributed by atoms with Crippen LogP contribution in [0.5, 0.6) is 11.5 Å². The van der Waals surface area contributed by atoms with E-state index in [4.69, 9.17) is 23.4 Å². The number of hydrogen-bond donors (Lipinski definition) is 7. The van der Waals surface area contributed by atoms with Crippen molar-refractivity contribution in [1.82, 2.24) is 5.32 Å². The zero-order chi connectivity index (χ0) is 37.2. The van der Waals surface area contributed by atoms with Crippen LogP contribution < -0.4 is 14.8 Å². The molecule has 15 heteroatoms. The van der Waals surface area contributed by atoms with Crippen LogP contribution in [0.25, 0.3) is 11.0 Å². The number of aliphatic hydroxyl groups is 6. The van der Waals surface area contributed by atoms with Crippen LogP contribution in [0.3, 0.4) is 0 Å². The van der Waals surface area contributed by atoms with E-state index in [1.54, 1.807) is 42.0 Å². The lowest BCUT2D eigenvalue weighted by Gasteiger charge is -2.71. The molecular formula is C38H49NO12S2. The molecule has 6 aliphatic rings. The Hall–Kier alpha value is -2.31. The molecule has 0 radical (unpaired) electrons. The molecule has 13 nitrogen and oxygen atoms in total. The summed E-state index contributed by atoms with van der Waals surface area (Å²) in [5.74, 6) is -5.25. The van der Waals surface area contributed by atoms with Crippen LogP contribution in [0.2, 0.25) is 0 Å². The van der Waals surface area contributed by atoms with E-state index in [2.05, 4.69) is 5.32 Å². The summed E-state index contributed by atoms with van der Waals surface area (Å²) in [6.07, 6.45) is 8.90. The van der Waals surface area contributed by atoms with Gasteiger partial charge in [0, 0.05) is 48.1 Å². The standard InChI is InChI=1S/C38H49NO12S2/c1-2-47-28(43)8-6-22-17-23-10-15-48-30(23)32-31(22)50-37-13-9-27(52-53-34(11-3-4-12-34)20-39-14-16-49-32)36(21-41,51-37)35(45)18-24-5-7-26(42)25(19-40)29(24)38(37,46)33(35)44/h5,7,9-10,13,15,17,24-27,29,33,39-42,44-46H,2-4,6,8,11-12,14,16,18-21H2,1H3. The topological polar surface area (TPSA) is 201 Å². The fourth-order valence-corrected chi connectivity index (χ4v) is 13.7. The van der Waals surface area contributed by atoms with E-state index in [0.717, 1.165) is 25.7 Å². The SMILES string of the molecule is CCOC(=O)CCc1cc2ccoc2c2c1OC13C=CC(SSC4(CCCC4)CNCCO2)C(CO)(O1)C1(O)CC2C=CC(O)C(CO)C2C3(O)C1O. The van der Waals surface area contributed by atoms with E-state index in [1.165, 1.54) is 29.2 Å². The van der Waals surface area contributed by atoms with Crippen LogP contribution in [0.1, 0.15) is 51.0 Å². The number of rotatable bonds is 6.